The molecule has 41 heavy (non-hydrogen) atoms. The van der Waals surface area contributed by atoms with Gasteiger partial charge in [0.2, 0.25) is 8.32 Å². The van der Waals surface area contributed by atoms with Gasteiger partial charge in [-0.3, -0.25) is 9.69 Å². The van der Waals surface area contributed by atoms with Gasteiger partial charge >= 0.3 is 12.1 Å². The Kier molecular flexibility index (Phi) is 8.97. The number of rotatable bonds is 6. The van der Waals surface area contributed by atoms with Gasteiger partial charge in [-0.25, -0.2) is 4.79 Å². The van der Waals surface area contributed by atoms with Gasteiger partial charge in [0.1, 0.15) is 5.60 Å². The van der Waals surface area contributed by atoms with E-state index < -0.39 is 13.9 Å². The Balaban J connectivity index is 1.74. The first-order chi connectivity index (χ1) is 18.9. The van der Waals surface area contributed by atoms with Crippen molar-refractivity contribution in [1.29, 1.82) is 0 Å². The normalized spacial score (nSPS) is 35.6. The number of methoxy groups -OCH3 is 1. The van der Waals surface area contributed by atoms with Gasteiger partial charge in [0.15, 0.2) is 0 Å². The van der Waals surface area contributed by atoms with Crippen molar-refractivity contribution in [3.8, 4) is 0 Å². The maximum atomic E-state index is 13.9. The zero-order valence-electron chi connectivity index (χ0n) is 28.1. The summed E-state index contributed by atoms with van der Waals surface area (Å²) in [5.41, 5.74) is 1.86. The number of allylic oxidation sites excluding steroid dienone is 1. The first kappa shape index (κ1) is 32.6. The molecule has 2 saturated carbocycles. The molecular weight excluding hydrogens is 530 g/mol. The van der Waals surface area contributed by atoms with Crippen molar-refractivity contribution < 1.29 is 23.5 Å². The van der Waals surface area contributed by atoms with Crippen molar-refractivity contribution in [3.05, 3.63) is 11.8 Å². The summed E-state index contributed by atoms with van der Waals surface area (Å²) in [5.74, 6) is 1.09. The molecule has 3 aliphatic carbocycles. The van der Waals surface area contributed by atoms with E-state index in [0.29, 0.717) is 40.9 Å². The molecule has 1 aliphatic heterocycles. The molecule has 6 nitrogen and oxygen atoms in total. The predicted octanol–water partition coefficient (Wildman–Crippen LogP) is 8.71. The molecule has 7 atom stereocenters. The van der Waals surface area contributed by atoms with Gasteiger partial charge in [-0.1, -0.05) is 55.4 Å². The smallest absolute Gasteiger partial charge is 0.414 e. The van der Waals surface area contributed by atoms with Crippen LogP contribution in [0.1, 0.15) is 115 Å². The molecule has 0 aromatic carbocycles. The Morgan fingerprint density at radius 3 is 2.07 bits per heavy atom. The highest BCUT2D eigenvalue weighted by atomic mass is 28.4. The minimum atomic E-state index is -2.09. The topological polar surface area (TPSA) is 65.1 Å². The Morgan fingerprint density at radius 2 is 1.54 bits per heavy atom. The lowest BCUT2D eigenvalue weighted by Crippen LogP contribution is -2.60. The van der Waals surface area contributed by atoms with Gasteiger partial charge in [0.25, 0.3) is 0 Å². The van der Waals surface area contributed by atoms with E-state index in [1.165, 1.54) is 7.11 Å². The van der Waals surface area contributed by atoms with Crippen molar-refractivity contribution >= 4 is 20.4 Å². The summed E-state index contributed by atoms with van der Waals surface area (Å²) < 4.78 is 18.6. The number of esters is 1. The molecule has 0 bridgehead atoms. The first-order valence-corrected chi connectivity index (χ1v) is 18.5. The first-order valence-electron chi connectivity index (χ1n) is 16.4. The van der Waals surface area contributed by atoms with Crippen LogP contribution in [0.4, 0.5) is 4.79 Å². The van der Waals surface area contributed by atoms with E-state index in [1.807, 2.05) is 25.7 Å². The van der Waals surface area contributed by atoms with Crippen molar-refractivity contribution in [3.63, 3.8) is 0 Å². The Hall–Kier alpha value is -1.34. The second-order valence-electron chi connectivity index (χ2n) is 16.1. The lowest BCUT2D eigenvalue weighted by Gasteiger charge is -2.60. The second kappa shape index (κ2) is 11.3. The summed E-state index contributed by atoms with van der Waals surface area (Å²) >= 11 is 0. The Labute approximate surface area is 251 Å². The summed E-state index contributed by atoms with van der Waals surface area (Å²) in [4.78, 5) is 28.8. The molecule has 0 spiro atoms. The van der Waals surface area contributed by atoms with E-state index >= 15 is 0 Å². The predicted molar refractivity (Wildman–Crippen MR) is 167 cm³/mol. The lowest BCUT2D eigenvalue weighted by atomic mass is 9.49. The third kappa shape index (κ3) is 5.45. The highest BCUT2D eigenvalue weighted by Gasteiger charge is 2.63. The van der Waals surface area contributed by atoms with E-state index in [-0.39, 0.29) is 34.9 Å². The molecule has 7 heteroatoms. The zero-order valence-corrected chi connectivity index (χ0v) is 29.1. The minimum Gasteiger partial charge on any atom is -0.469 e. The van der Waals surface area contributed by atoms with Crippen LogP contribution < -0.4 is 0 Å². The van der Waals surface area contributed by atoms with Crippen LogP contribution in [0.3, 0.4) is 0 Å². The fourth-order valence-corrected chi connectivity index (χ4v) is 15.7. The molecule has 234 valence electrons. The van der Waals surface area contributed by atoms with Crippen molar-refractivity contribution in [2.24, 2.45) is 34.5 Å². The molecule has 0 N–H and O–H groups in total. The van der Waals surface area contributed by atoms with Crippen molar-refractivity contribution in [2.75, 3.05) is 13.7 Å². The summed E-state index contributed by atoms with van der Waals surface area (Å²) in [5, 5.41) is 0. The number of hydrogen-bond donors (Lipinski definition) is 0. The van der Waals surface area contributed by atoms with Crippen LogP contribution in [0.15, 0.2) is 11.8 Å². The maximum Gasteiger partial charge on any atom is 0.414 e. The molecular formula is C34H59NO5Si. The van der Waals surface area contributed by atoms with Crippen LogP contribution in [0, 0.1) is 34.5 Å². The number of ether oxygens (including phenoxy) is 2. The fraction of sp³-hybridized carbons (Fsp3) is 0.882. The summed E-state index contributed by atoms with van der Waals surface area (Å²) in [7, 11) is -0.573. The molecule has 1 amide bonds. The van der Waals surface area contributed by atoms with E-state index in [0.717, 1.165) is 44.2 Å². The highest BCUT2D eigenvalue weighted by molar-refractivity contribution is 6.77. The molecule has 4 rings (SSSR count). The molecule has 1 heterocycles. The quantitative estimate of drug-likeness (QED) is 0.229. The van der Waals surface area contributed by atoms with Gasteiger partial charge in [0, 0.05) is 17.7 Å². The SMILES string of the molecule is COC(=O)[C@H]1CC[C@H]2[C@@H]3CN(C(=O)OC(C)(C)C)C4=C[C@@H](O[Si](C(C)C)(C(C)C)C(C)C)CC[C@]4(C)[C@H]3CC[C@]12C. The van der Waals surface area contributed by atoms with Crippen molar-refractivity contribution in [2.45, 2.75) is 143 Å². The van der Waals surface area contributed by atoms with Gasteiger partial charge in [-0.05, 0) is 105 Å². The van der Waals surface area contributed by atoms with Gasteiger partial charge < -0.3 is 13.9 Å². The number of nitrogens with zero attached hydrogens (tertiary/aromatic N) is 1. The van der Waals surface area contributed by atoms with Crippen LogP contribution in [-0.2, 0) is 18.7 Å². The molecule has 3 fully saturated rings. The van der Waals surface area contributed by atoms with Gasteiger partial charge in [-0.15, -0.1) is 0 Å². The second-order valence-corrected chi connectivity index (χ2v) is 21.6. The third-order valence-corrected chi connectivity index (χ3v) is 18.1. The number of fused-ring (bicyclic) bond motifs is 5. The molecule has 0 aromatic rings. The number of amides is 1. The Morgan fingerprint density at radius 1 is 0.927 bits per heavy atom. The van der Waals surface area contributed by atoms with Crippen molar-refractivity contribution in [1.82, 2.24) is 4.90 Å². The van der Waals surface area contributed by atoms with Crippen LogP contribution in [0.2, 0.25) is 16.6 Å². The van der Waals surface area contributed by atoms with E-state index in [1.54, 1.807) is 0 Å². The van der Waals surface area contributed by atoms with E-state index in [9.17, 15) is 9.59 Å². The molecule has 0 unspecified atom stereocenters. The van der Waals surface area contributed by atoms with Gasteiger partial charge in [-0.2, -0.15) is 0 Å². The molecule has 4 aliphatic rings. The zero-order chi connectivity index (χ0) is 30.7. The van der Waals surface area contributed by atoms with Crippen LogP contribution in [0.25, 0.3) is 0 Å². The number of hydrogen-bond acceptors (Lipinski definition) is 5. The highest BCUT2D eigenvalue weighted by Crippen LogP contribution is 2.66. The Bertz CT molecular complexity index is 1010. The summed E-state index contributed by atoms with van der Waals surface area (Å²) in [6.07, 6.45) is 8.11. The van der Waals surface area contributed by atoms with Crippen LogP contribution in [-0.4, -0.2) is 50.6 Å². The molecule has 0 aromatic heterocycles. The van der Waals surface area contributed by atoms with Gasteiger partial charge in [0.05, 0.1) is 19.1 Å². The molecule has 0 radical (unpaired) electrons. The minimum absolute atomic E-state index is 0.0162. The van der Waals surface area contributed by atoms with Crippen LogP contribution >= 0.6 is 0 Å². The monoisotopic (exact) mass is 589 g/mol. The van der Waals surface area contributed by atoms with E-state index in [4.69, 9.17) is 13.9 Å². The number of carbonyl (C=O) groups is 2. The summed E-state index contributed by atoms with van der Waals surface area (Å²) in [6.45, 7) is 25.2. The summed E-state index contributed by atoms with van der Waals surface area (Å²) in [6, 6.07) is 0. The molecule has 1 saturated heterocycles. The number of piperidine rings is 1. The maximum absolute atomic E-state index is 13.9. The van der Waals surface area contributed by atoms with Crippen LogP contribution in [0.5, 0.6) is 0 Å². The average Bonchev–Trinajstić information content (AvgIpc) is 3.22. The van der Waals surface area contributed by atoms with E-state index in [2.05, 4.69) is 61.5 Å². The number of likely N-dealkylation sites (tertiary alicyclic amines) is 1. The standard InChI is InChI=1S/C34H59NO5Si/c1-21(2)41(22(3)4,23(5)6)40-24-15-17-34(11)27-16-18-33(10)26(13-14-28(33)30(36)38-12)25(27)20-35(29(34)19-24)31(37)39-32(7,8)9/h19,21-28H,13-18,20H2,1-12H3/t24-,25-,26-,27-,28+,33-,34+/m0/s1. The largest absolute Gasteiger partial charge is 0.469 e. The average molecular weight is 590 g/mol. The fourth-order valence-electron chi connectivity index (χ4n) is 10.2. The third-order valence-electron chi connectivity index (χ3n) is 12.0. The lowest BCUT2D eigenvalue weighted by molar-refractivity contribution is -0.153. The number of carbonyl (C=O) groups excluding carboxylic acids is 2.